The minimum absolute atomic E-state index is 0.248. The Morgan fingerprint density at radius 2 is 1.82 bits per heavy atom. The second-order valence-electron chi connectivity index (χ2n) is 8.50. The molecular formula is C22H28N4OS. The Bertz CT molecular complexity index is 832. The smallest absolute Gasteiger partial charge is 0.233 e. The van der Waals surface area contributed by atoms with E-state index in [0.717, 1.165) is 41.6 Å². The molecule has 3 aliphatic rings. The lowest BCUT2D eigenvalue weighted by atomic mass is 9.75. The highest BCUT2D eigenvalue weighted by molar-refractivity contribution is 7.99. The number of aromatic nitrogens is 3. The van der Waals surface area contributed by atoms with E-state index in [2.05, 4.69) is 17.0 Å². The number of hydrogen-bond donors (Lipinski definition) is 0. The van der Waals surface area contributed by atoms with Gasteiger partial charge in [0.25, 0.3) is 0 Å². The number of nitrogens with zero attached hydrogens (tertiary/aromatic N) is 4. The Labute approximate surface area is 170 Å². The largest absolute Gasteiger partial charge is 0.342 e. The summed E-state index contributed by atoms with van der Waals surface area (Å²) in [5.41, 5.74) is 1.05. The molecule has 1 aromatic carbocycles. The Morgan fingerprint density at radius 3 is 2.61 bits per heavy atom. The molecule has 0 bridgehead atoms. The average molecular weight is 397 g/mol. The van der Waals surface area contributed by atoms with Gasteiger partial charge in [-0.05, 0) is 49.7 Å². The van der Waals surface area contributed by atoms with Crippen molar-refractivity contribution >= 4 is 17.7 Å². The monoisotopic (exact) mass is 396 g/mol. The first-order valence-corrected chi connectivity index (χ1v) is 11.7. The van der Waals surface area contributed by atoms with Crippen LogP contribution >= 0.6 is 11.8 Å². The molecule has 6 heteroatoms. The summed E-state index contributed by atoms with van der Waals surface area (Å²) in [7, 11) is 0. The standard InChI is InChI=1S/C22H28N4OS/c27-20(25-13-12-16-6-4-5-7-18(16)14-25)15-28-22-23-21(17-10-11-17)26(24-22)19-8-2-1-3-9-19/h1-3,8-9,16-18H,4-7,10-15H2/t16-,18-/m0/s1. The van der Waals surface area contributed by atoms with Crippen molar-refractivity contribution in [1.82, 2.24) is 19.7 Å². The van der Waals surface area contributed by atoms with Gasteiger partial charge >= 0.3 is 0 Å². The summed E-state index contributed by atoms with van der Waals surface area (Å²) in [6.07, 6.45) is 8.94. The van der Waals surface area contributed by atoms with Crippen LogP contribution in [0.2, 0.25) is 0 Å². The molecule has 1 amide bonds. The quantitative estimate of drug-likeness (QED) is 0.708. The molecule has 5 rings (SSSR count). The molecule has 0 N–H and O–H groups in total. The number of rotatable bonds is 5. The van der Waals surface area contributed by atoms with E-state index in [4.69, 9.17) is 10.1 Å². The van der Waals surface area contributed by atoms with Gasteiger partial charge in [0.2, 0.25) is 11.1 Å². The topological polar surface area (TPSA) is 51.0 Å². The second kappa shape index (κ2) is 7.90. The van der Waals surface area contributed by atoms with Crippen molar-refractivity contribution in [3.05, 3.63) is 36.2 Å². The number of amides is 1. The number of carbonyl (C=O) groups excluding carboxylic acids is 1. The molecule has 28 heavy (non-hydrogen) atoms. The van der Waals surface area contributed by atoms with E-state index in [1.54, 1.807) is 0 Å². The molecule has 0 spiro atoms. The summed E-state index contributed by atoms with van der Waals surface area (Å²) in [5, 5.41) is 5.45. The van der Waals surface area contributed by atoms with Crippen LogP contribution in [-0.2, 0) is 4.79 Å². The third-order valence-corrected chi connectivity index (χ3v) is 7.35. The third-order valence-electron chi connectivity index (χ3n) is 6.52. The van der Waals surface area contributed by atoms with Gasteiger partial charge < -0.3 is 4.90 Å². The van der Waals surface area contributed by atoms with Crippen molar-refractivity contribution < 1.29 is 4.79 Å². The number of likely N-dealkylation sites (tertiary alicyclic amines) is 1. The van der Waals surface area contributed by atoms with Crippen molar-refractivity contribution in [1.29, 1.82) is 0 Å². The van der Waals surface area contributed by atoms with Gasteiger partial charge in [0.15, 0.2) is 0 Å². The molecule has 0 unspecified atom stereocenters. The predicted molar refractivity (Wildman–Crippen MR) is 111 cm³/mol. The van der Waals surface area contributed by atoms with Crippen LogP contribution < -0.4 is 0 Å². The summed E-state index contributed by atoms with van der Waals surface area (Å²) >= 11 is 1.49. The Morgan fingerprint density at radius 1 is 1.04 bits per heavy atom. The maximum Gasteiger partial charge on any atom is 0.233 e. The third kappa shape index (κ3) is 3.84. The van der Waals surface area contributed by atoms with Crippen LogP contribution in [0.3, 0.4) is 0 Å². The average Bonchev–Trinajstić information content (AvgIpc) is 3.51. The number of carbonyl (C=O) groups is 1. The first-order chi connectivity index (χ1) is 13.8. The van der Waals surface area contributed by atoms with E-state index in [9.17, 15) is 4.79 Å². The number of thioether (sulfide) groups is 1. The summed E-state index contributed by atoms with van der Waals surface area (Å²) < 4.78 is 1.97. The van der Waals surface area contributed by atoms with Gasteiger partial charge in [0, 0.05) is 19.0 Å². The van der Waals surface area contributed by atoms with Crippen molar-refractivity contribution in [2.24, 2.45) is 11.8 Å². The summed E-state index contributed by atoms with van der Waals surface area (Å²) in [5.74, 6) is 3.84. The minimum Gasteiger partial charge on any atom is -0.342 e. The molecule has 2 saturated carbocycles. The highest BCUT2D eigenvalue weighted by atomic mass is 32.2. The number of piperidine rings is 1. The van der Waals surface area contributed by atoms with Crippen molar-refractivity contribution in [2.75, 3.05) is 18.8 Å². The van der Waals surface area contributed by atoms with Crippen LogP contribution in [0.1, 0.15) is 56.7 Å². The molecule has 2 atom stereocenters. The van der Waals surface area contributed by atoms with Crippen LogP contribution in [-0.4, -0.2) is 44.4 Å². The molecule has 0 radical (unpaired) electrons. The highest BCUT2D eigenvalue weighted by Gasteiger charge is 2.33. The molecule has 5 nitrogen and oxygen atoms in total. The van der Waals surface area contributed by atoms with Crippen LogP contribution in [0, 0.1) is 11.8 Å². The first-order valence-electron chi connectivity index (χ1n) is 10.7. The fourth-order valence-electron chi connectivity index (χ4n) is 4.78. The lowest BCUT2D eigenvalue weighted by Gasteiger charge is -2.41. The van der Waals surface area contributed by atoms with Gasteiger partial charge in [-0.3, -0.25) is 4.79 Å². The lowest BCUT2D eigenvalue weighted by Crippen LogP contribution is -2.45. The fraction of sp³-hybridized carbons (Fsp3) is 0.591. The van der Waals surface area contributed by atoms with Crippen molar-refractivity contribution in [3.8, 4) is 5.69 Å². The lowest BCUT2D eigenvalue weighted by molar-refractivity contribution is -0.131. The van der Waals surface area contributed by atoms with Crippen molar-refractivity contribution in [2.45, 2.75) is 56.0 Å². The van der Waals surface area contributed by atoms with Crippen LogP contribution in [0.25, 0.3) is 5.69 Å². The number of fused-ring (bicyclic) bond motifs is 1. The van der Waals surface area contributed by atoms with Gasteiger partial charge in [-0.1, -0.05) is 49.2 Å². The molecule has 1 saturated heterocycles. The zero-order valence-electron chi connectivity index (χ0n) is 16.3. The minimum atomic E-state index is 0.248. The van der Waals surface area contributed by atoms with Gasteiger partial charge in [-0.25, -0.2) is 9.67 Å². The van der Waals surface area contributed by atoms with E-state index in [-0.39, 0.29) is 5.91 Å². The van der Waals surface area contributed by atoms with E-state index in [1.165, 1.54) is 56.7 Å². The molecule has 2 aromatic rings. The Hall–Kier alpha value is -1.82. The van der Waals surface area contributed by atoms with Crippen molar-refractivity contribution in [3.63, 3.8) is 0 Å². The van der Waals surface area contributed by atoms with E-state index in [1.807, 2.05) is 22.9 Å². The maximum atomic E-state index is 12.8. The molecule has 1 aliphatic heterocycles. The zero-order valence-corrected chi connectivity index (χ0v) is 17.1. The normalized spacial score (nSPS) is 24.8. The van der Waals surface area contributed by atoms with Gasteiger partial charge in [-0.15, -0.1) is 5.10 Å². The number of para-hydroxylation sites is 1. The first kappa shape index (κ1) is 18.2. The fourth-order valence-corrected chi connectivity index (χ4v) is 5.51. The van der Waals surface area contributed by atoms with Crippen LogP contribution in [0.4, 0.5) is 0 Å². The van der Waals surface area contributed by atoms with E-state index in [0.29, 0.717) is 11.7 Å². The molecule has 148 valence electrons. The van der Waals surface area contributed by atoms with Crippen LogP contribution in [0.5, 0.6) is 0 Å². The summed E-state index contributed by atoms with van der Waals surface area (Å²) in [6, 6.07) is 10.2. The number of benzene rings is 1. The van der Waals surface area contributed by atoms with E-state index < -0.39 is 0 Å². The molecule has 2 heterocycles. The Kier molecular flexibility index (Phi) is 5.14. The van der Waals surface area contributed by atoms with Gasteiger partial charge in [-0.2, -0.15) is 0 Å². The second-order valence-corrected chi connectivity index (χ2v) is 9.44. The van der Waals surface area contributed by atoms with Gasteiger partial charge in [0.1, 0.15) is 5.82 Å². The van der Waals surface area contributed by atoms with Gasteiger partial charge in [0.05, 0.1) is 11.4 Å². The summed E-state index contributed by atoms with van der Waals surface area (Å²) in [4.78, 5) is 19.7. The predicted octanol–water partition coefficient (Wildman–Crippen LogP) is 4.28. The zero-order chi connectivity index (χ0) is 18.9. The highest BCUT2D eigenvalue weighted by Crippen LogP contribution is 2.40. The van der Waals surface area contributed by atoms with Crippen LogP contribution in [0.15, 0.2) is 35.5 Å². The number of hydrogen-bond acceptors (Lipinski definition) is 4. The van der Waals surface area contributed by atoms with E-state index >= 15 is 0 Å². The Balaban J connectivity index is 1.24. The molecule has 2 aliphatic carbocycles. The molecule has 1 aromatic heterocycles. The summed E-state index contributed by atoms with van der Waals surface area (Å²) in [6.45, 7) is 1.89. The maximum absolute atomic E-state index is 12.8. The SMILES string of the molecule is O=C(CSc1nc(C2CC2)n(-c2ccccc2)n1)N1CC[C@@H]2CCCC[C@H]2C1. The molecular weight excluding hydrogens is 368 g/mol. The molecule has 3 fully saturated rings.